The fraction of sp³-hybridized carbons (Fsp3) is 0. The standard InChI is InChI=1S/C25H15F2N3O3S/c26-18-11-16-22(20(27)21(18)28-15-9-5-2-6-10-15)30(12-17(23(16)31)24(32)33)25-29-19(13-34-25)14-7-3-1-4-8-14/h1-13,28H,(H,32,33). The number of anilines is 2. The number of pyridine rings is 1. The molecule has 2 aromatic heterocycles. The van der Waals surface area contributed by atoms with E-state index in [2.05, 4.69) is 10.3 Å². The van der Waals surface area contributed by atoms with Gasteiger partial charge in [0, 0.05) is 22.8 Å². The molecule has 0 atom stereocenters. The molecule has 3 aromatic carbocycles. The number of aromatic carboxylic acids is 1. The van der Waals surface area contributed by atoms with Crippen molar-refractivity contribution in [3.05, 3.63) is 106 Å². The van der Waals surface area contributed by atoms with Gasteiger partial charge in [-0.15, -0.1) is 11.3 Å². The molecule has 0 aliphatic rings. The highest BCUT2D eigenvalue weighted by Gasteiger charge is 2.24. The maximum absolute atomic E-state index is 15.8. The molecule has 0 bridgehead atoms. The highest BCUT2D eigenvalue weighted by Crippen LogP contribution is 2.32. The third-order valence-corrected chi connectivity index (χ3v) is 6.06. The number of nitrogens with zero attached hydrogens (tertiary/aromatic N) is 2. The van der Waals surface area contributed by atoms with E-state index < -0.39 is 39.7 Å². The Kier molecular flexibility index (Phi) is 5.39. The van der Waals surface area contributed by atoms with Gasteiger partial charge >= 0.3 is 5.97 Å². The van der Waals surface area contributed by atoms with Crippen LogP contribution < -0.4 is 10.7 Å². The van der Waals surface area contributed by atoms with Gasteiger partial charge in [0.1, 0.15) is 11.3 Å². The molecule has 34 heavy (non-hydrogen) atoms. The van der Waals surface area contributed by atoms with Crippen molar-refractivity contribution in [2.45, 2.75) is 0 Å². The first-order valence-corrected chi connectivity index (χ1v) is 11.0. The normalized spacial score (nSPS) is 11.0. The van der Waals surface area contributed by atoms with E-state index in [1.54, 1.807) is 35.7 Å². The molecule has 2 N–H and O–H groups in total. The molecule has 0 aliphatic heterocycles. The van der Waals surface area contributed by atoms with Crippen molar-refractivity contribution in [2.24, 2.45) is 0 Å². The number of nitrogens with one attached hydrogen (secondary N) is 1. The summed E-state index contributed by atoms with van der Waals surface area (Å²) < 4.78 is 31.9. The average Bonchev–Trinajstić information content (AvgIpc) is 3.33. The molecule has 2 heterocycles. The highest BCUT2D eigenvalue weighted by molar-refractivity contribution is 7.12. The minimum absolute atomic E-state index is 0.225. The first kappa shape index (κ1) is 21.5. The number of rotatable bonds is 5. The van der Waals surface area contributed by atoms with Crippen molar-refractivity contribution in [3.8, 4) is 16.4 Å². The van der Waals surface area contributed by atoms with Crippen molar-refractivity contribution >= 4 is 39.6 Å². The molecule has 0 saturated heterocycles. The lowest BCUT2D eigenvalue weighted by Gasteiger charge is -2.15. The second kappa shape index (κ2) is 8.53. The second-order valence-electron chi connectivity index (χ2n) is 7.36. The number of hydrogen-bond donors (Lipinski definition) is 2. The van der Waals surface area contributed by atoms with Gasteiger partial charge in [0.15, 0.2) is 16.8 Å². The number of carboxylic acid groups (broad SMARTS) is 1. The van der Waals surface area contributed by atoms with Gasteiger partial charge in [-0.2, -0.15) is 0 Å². The molecule has 9 heteroatoms. The number of fused-ring (bicyclic) bond motifs is 1. The molecule has 0 unspecified atom stereocenters. The van der Waals surface area contributed by atoms with Crippen molar-refractivity contribution in [2.75, 3.05) is 5.32 Å². The Hall–Kier alpha value is -4.37. The van der Waals surface area contributed by atoms with E-state index in [9.17, 15) is 19.1 Å². The van der Waals surface area contributed by atoms with Crippen LogP contribution in [0.25, 0.3) is 27.3 Å². The SMILES string of the molecule is O=C(O)c1cn(-c2nc(-c3ccccc3)cs2)c2c(F)c(Nc3ccccc3)c(F)cc2c1=O. The first-order chi connectivity index (χ1) is 16.4. The van der Waals surface area contributed by atoms with Crippen molar-refractivity contribution < 1.29 is 18.7 Å². The molecule has 0 spiro atoms. The molecule has 0 aliphatic carbocycles. The number of thiazole rings is 1. The van der Waals surface area contributed by atoms with Crippen LogP contribution in [-0.2, 0) is 0 Å². The molecular formula is C25H15F2N3O3S. The summed E-state index contributed by atoms with van der Waals surface area (Å²) in [4.78, 5) is 29.0. The van der Waals surface area contributed by atoms with Crippen LogP contribution in [0, 0.1) is 11.6 Å². The fourth-order valence-corrected chi connectivity index (χ4v) is 4.43. The van der Waals surface area contributed by atoms with Crippen LogP contribution in [0.5, 0.6) is 0 Å². The number of carboxylic acids is 1. The van der Waals surface area contributed by atoms with Crippen LogP contribution >= 0.6 is 11.3 Å². The topological polar surface area (TPSA) is 84.2 Å². The summed E-state index contributed by atoms with van der Waals surface area (Å²) in [6.45, 7) is 0. The van der Waals surface area contributed by atoms with Gasteiger partial charge in [0.05, 0.1) is 16.6 Å². The van der Waals surface area contributed by atoms with Gasteiger partial charge in [0.25, 0.3) is 0 Å². The van der Waals surface area contributed by atoms with Gasteiger partial charge in [-0.25, -0.2) is 18.6 Å². The minimum Gasteiger partial charge on any atom is -0.477 e. The lowest BCUT2D eigenvalue weighted by molar-refractivity contribution is 0.0695. The largest absolute Gasteiger partial charge is 0.477 e. The van der Waals surface area contributed by atoms with Gasteiger partial charge in [-0.1, -0.05) is 48.5 Å². The Labute approximate surface area is 195 Å². The van der Waals surface area contributed by atoms with E-state index in [4.69, 9.17) is 0 Å². The summed E-state index contributed by atoms with van der Waals surface area (Å²) >= 11 is 1.14. The molecule has 168 valence electrons. The third-order valence-electron chi connectivity index (χ3n) is 5.22. The summed E-state index contributed by atoms with van der Waals surface area (Å²) in [6, 6.07) is 18.5. The number of hydrogen-bond acceptors (Lipinski definition) is 5. The Morgan fingerprint density at radius 3 is 2.38 bits per heavy atom. The number of benzene rings is 3. The smallest absolute Gasteiger partial charge is 0.341 e. The Morgan fingerprint density at radius 2 is 1.71 bits per heavy atom. The molecule has 5 rings (SSSR count). The Morgan fingerprint density at radius 1 is 1.03 bits per heavy atom. The van der Waals surface area contributed by atoms with Gasteiger partial charge in [-0.05, 0) is 18.2 Å². The van der Waals surface area contributed by atoms with Gasteiger partial charge in [0.2, 0.25) is 5.43 Å². The predicted octanol–water partition coefficient (Wildman–Crippen LogP) is 5.83. The van der Waals surface area contributed by atoms with Crippen LogP contribution in [-0.4, -0.2) is 20.6 Å². The third kappa shape index (κ3) is 3.71. The average molecular weight is 475 g/mol. The van der Waals surface area contributed by atoms with Crippen molar-refractivity contribution in [1.29, 1.82) is 0 Å². The van der Waals surface area contributed by atoms with Gasteiger partial charge in [-0.3, -0.25) is 9.36 Å². The number of aromatic nitrogens is 2. The fourth-order valence-electron chi connectivity index (χ4n) is 3.61. The lowest BCUT2D eigenvalue weighted by atomic mass is 10.1. The highest BCUT2D eigenvalue weighted by atomic mass is 32.1. The van der Waals surface area contributed by atoms with E-state index >= 15 is 4.39 Å². The van der Waals surface area contributed by atoms with Gasteiger partial charge < -0.3 is 10.4 Å². The Bertz CT molecular complexity index is 1600. The molecule has 0 saturated carbocycles. The predicted molar refractivity (Wildman–Crippen MR) is 127 cm³/mol. The molecule has 5 aromatic rings. The Balaban J connectivity index is 1.77. The van der Waals surface area contributed by atoms with Crippen LogP contribution in [0.3, 0.4) is 0 Å². The number of carbonyl (C=O) groups is 1. The zero-order valence-corrected chi connectivity index (χ0v) is 18.1. The summed E-state index contributed by atoms with van der Waals surface area (Å²) in [7, 11) is 0. The zero-order valence-electron chi connectivity index (χ0n) is 17.3. The van der Waals surface area contributed by atoms with E-state index in [1.807, 2.05) is 30.3 Å². The minimum atomic E-state index is -1.51. The van der Waals surface area contributed by atoms with E-state index in [0.717, 1.165) is 29.2 Å². The van der Waals surface area contributed by atoms with Crippen LogP contribution in [0.1, 0.15) is 10.4 Å². The van der Waals surface area contributed by atoms with Crippen LogP contribution in [0.15, 0.2) is 83.1 Å². The second-order valence-corrected chi connectivity index (χ2v) is 8.20. The van der Waals surface area contributed by atoms with Crippen molar-refractivity contribution in [1.82, 2.24) is 9.55 Å². The van der Waals surface area contributed by atoms with E-state index in [1.165, 1.54) is 4.57 Å². The summed E-state index contributed by atoms with van der Waals surface area (Å²) in [5.74, 6) is -3.57. The van der Waals surface area contributed by atoms with E-state index in [0.29, 0.717) is 11.4 Å². The zero-order chi connectivity index (χ0) is 23.8. The monoisotopic (exact) mass is 475 g/mol. The lowest BCUT2D eigenvalue weighted by Crippen LogP contribution is -2.20. The molecule has 0 fully saturated rings. The maximum atomic E-state index is 15.8. The van der Waals surface area contributed by atoms with E-state index in [-0.39, 0.29) is 10.6 Å². The van der Waals surface area contributed by atoms with Crippen LogP contribution in [0.4, 0.5) is 20.2 Å². The quantitative estimate of drug-likeness (QED) is 0.334. The first-order valence-electron chi connectivity index (χ1n) is 10.1. The molecule has 0 radical (unpaired) electrons. The summed E-state index contributed by atoms with van der Waals surface area (Å²) in [5.41, 5.74) is -0.495. The molecule has 0 amide bonds. The molecule has 6 nitrogen and oxygen atoms in total. The summed E-state index contributed by atoms with van der Waals surface area (Å²) in [6.07, 6.45) is 1.02. The van der Waals surface area contributed by atoms with Crippen LogP contribution in [0.2, 0.25) is 0 Å². The maximum Gasteiger partial charge on any atom is 0.341 e. The number of halogens is 2. The summed E-state index contributed by atoms with van der Waals surface area (Å²) in [5, 5.41) is 13.8. The number of para-hydroxylation sites is 1. The molecular weight excluding hydrogens is 460 g/mol. The van der Waals surface area contributed by atoms with Crippen molar-refractivity contribution in [3.63, 3.8) is 0 Å².